The van der Waals surface area contributed by atoms with Crippen LogP contribution in [0.2, 0.25) is 0 Å². The first kappa shape index (κ1) is 12.5. The zero-order valence-corrected chi connectivity index (χ0v) is 12.1. The molecule has 0 amide bonds. The molecule has 90 valence electrons. The number of nitrogens with zero attached hydrogens (tertiary/aromatic N) is 1. The highest BCUT2D eigenvalue weighted by atomic mass is 79.9. The number of thioether (sulfide) groups is 1. The maximum absolute atomic E-state index is 5.68. The number of hydrogen-bond donors (Lipinski definition) is 2. The van der Waals surface area contributed by atoms with Crippen molar-refractivity contribution in [1.82, 2.24) is 10.2 Å². The van der Waals surface area contributed by atoms with Gasteiger partial charge < -0.3 is 5.73 Å². The van der Waals surface area contributed by atoms with Gasteiger partial charge in [0.1, 0.15) is 0 Å². The maximum Gasteiger partial charge on any atom is 0.160 e. The molecule has 17 heavy (non-hydrogen) atoms. The van der Waals surface area contributed by atoms with Crippen molar-refractivity contribution in [3.8, 4) is 11.3 Å². The lowest BCUT2D eigenvalue weighted by Crippen LogP contribution is -1.86. The first-order valence-electron chi connectivity index (χ1n) is 5.34. The summed E-state index contributed by atoms with van der Waals surface area (Å²) in [5.74, 6) is 0.487. The number of H-pyrrole nitrogens is 1. The predicted molar refractivity (Wildman–Crippen MR) is 77.1 cm³/mol. The molecule has 3 N–H and O–H groups in total. The topological polar surface area (TPSA) is 54.7 Å². The van der Waals surface area contributed by atoms with Gasteiger partial charge >= 0.3 is 0 Å². The number of hydrogen-bond acceptors (Lipinski definition) is 3. The largest absolute Gasteiger partial charge is 0.381 e. The zero-order chi connectivity index (χ0) is 12.4. The number of aromatic nitrogens is 2. The molecule has 3 nitrogen and oxygen atoms in total. The van der Waals surface area contributed by atoms with Crippen molar-refractivity contribution in [2.24, 2.45) is 0 Å². The molecule has 0 aliphatic heterocycles. The van der Waals surface area contributed by atoms with E-state index in [2.05, 4.69) is 64.2 Å². The van der Waals surface area contributed by atoms with Gasteiger partial charge in [-0.3, -0.25) is 5.10 Å². The van der Waals surface area contributed by atoms with E-state index < -0.39 is 0 Å². The summed E-state index contributed by atoms with van der Waals surface area (Å²) < 4.78 is 0.821. The number of anilines is 1. The summed E-state index contributed by atoms with van der Waals surface area (Å²) in [6, 6.07) is 8.37. The van der Waals surface area contributed by atoms with Crippen LogP contribution in [0.15, 0.2) is 33.6 Å². The van der Waals surface area contributed by atoms with Crippen molar-refractivity contribution in [2.45, 2.75) is 24.0 Å². The molecule has 0 aliphatic rings. The third-order valence-electron chi connectivity index (χ3n) is 2.25. The lowest BCUT2D eigenvalue weighted by molar-refractivity contribution is 1.10. The van der Waals surface area contributed by atoms with Crippen molar-refractivity contribution in [3.63, 3.8) is 0 Å². The molecular weight excluding hydrogens is 298 g/mol. The summed E-state index contributed by atoms with van der Waals surface area (Å²) in [4.78, 5) is 1.27. The second-order valence-electron chi connectivity index (χ2n) is 3.99. The van der Waals surface area contributed by atoms with Gasteiger partial charge in [0.25, 0.3) is 0 Å². The van der Waals surface area contributed by atoms with E-state index in [9.17, 15) is 0 Å². The zero-order valence-electron chi connectivity index (χ0n) is 9.70. The third kappa shape index (κ3) is 2.84. The van der Waals surface area contributed by atoms with Gasteiger partial charge in [-0.25, -0.2) is 0 Å². The van der Waals surface area contributed by atoms with Gasteiger partial charge in [0, 0.05) is 15.7 Å². The van der Waals surface area contributed by atoms with Gasteiger partial charge in [0.2, 0.25) is 0 Å². The summed E-state index contributed by atoms with van der Waals surface area (Å²) in [6.45, 7) is 4.37. The molecule has 2 aromatic rings. The third-order valence-corrected chi connectivity index (χ3v) is 4.07. The van der Waals surface area contributed by atoms with Crippen LogP contribution in [0.4, 0.5) is 5.82 Å². The Kier molecular flexibility index (Phi) is 3.79. The van der Waals surface area contributed by atoms with E-state index in [4.69, 9.17) is 5.73 Å². The number of rotatable bonds is 3. The molecule has 0 atom stereocenters. The van der Waals surface area contributed by atoms with Gasteiger partial charge in [-0.2, -0.15) is 5.10 Å². The Hall–Kier alpha value is -0.940. The molecule has 5 heteroatoms. The standard InChI is InChI=1S/C12H14BrN3S/c1-7(2)17-9-5-3-8(4-6-9)11-10(13)12(14)16-15-11/h3-7H,1-2H3,(H3,14,15,16). The van der Waals surface area contributed by atoms with Crippen LogP contribution in [0, 0.1) is 0 Å². The van der Waals surface area contributed by atoms with E-state index in [-0.39, 0.29) is 0 Å². The molecule has 0 radical (unpaired) electrons. The fourth-order valence-corrected chi connectivity index (χ4v) is 2.75. The summed E-state index contributed by atoms with van der Waals surface area (Å²) in [6.07, 6.45) is 0. The molecule has 2 rings (SSSR count). The van der Waals surface area contributed by atoms with E-state index in [0.29, 0.717) is 11.1 Å². The minimum atomic E-state index is 0.487. The van der Waals surface area contributed by atoms with E-state index in [0.717, 1.165) is 15.7 Å². The van der Waals surface area contributed by atoms with Gasteiger partial charge in [-0.1, -0.05) is 26.0 Å². The molecule has 0 bridgehead atoms. The fraction of sp³-hybridized carbons (Fsp3) is 0.250. The molecule has 0 fully saturated rings. The maximum atomic E-state index is 5.68. The minimum Gasteiger partial charge on any atom is -0.381 e. The van der Waals surface area contributed by atoms with E-state index >= 15 is 0 Å². The highest BCUT2D eigenvalue weighted by Crippen LogP contribution is 2.31. The number of nitrogens with two attached hydrogens (primary N) is 1. The van der Waals surface area contributed by atoms with Crippen LogP contribution in [-0.4, -0.2) is 15.4 Å². The van der Waals surface area contributed by atoms with Gasteiger partial charge in [0.15, 0.2) is 5.82 Å². The Morgan fingerprint density at radius 2 is 1.94 bits per heavy atom. The second kappa shape index (κ2) is 5.14. The van der Waals surface area contributed by atoms with Crippen molar-refractivity contribution < 1.29 is 0 Å². The van der Waals surface area contributed by atoms with Crippen molar-refractivity contribution in [3.05, 3.63) is 28.7 Å². The highest BCUT2D eigenvalue weighted by Gasteiger charge is 2.09. The smallest absolute Gasteiger partial charge is 0.160 e. The highest BCUT2D eigenvalue weighted by molar-refractivity contribution is 9.10. The van der Waals surface area contributed by atoms with Crippen LogP contribution >= 0.6 is 27.7 Å². The van der Waals surface area contributed by atoms with Crippen molar-refractivity contribution in [2.75, 3.05) is 5.73 Å². The van der Waals surface area contributed by atoms with Crippen molar-refractivity contribution >= 4 is 33.5 Å². The van der Waals surface area contributed by atoms with Crippen LogP contribution in [0.3, 0.4) is 0 Å². The molecule has 0 spiro atoms. The monoisotopic (exact) mass is 311 g/mol. The lowest BCUT2D eigenvalue weighted by atomic mass is 10.1. The van der Waals surface area contributed by atoms with Crippen LogP contribution in [0.5, 0.6) is 0 Å². The Morgan fingerprint density at radius 3 is 2.41 bits per heavy atom. The fourth-order valence-electron chi connectivity index (χ4n) is 1.51. The Bertz CT molecular complexity index is 505. The first-order chi connectivity index (χ1) is 8.08. The van der Waals surface area contributed by atoms with E-state index in [1.54, 1.807) is 0 Å². The van der Waals surface area contributed by atoms with Crippen LogP contribution in [-0.2, 0) is 0 Å². The molecule has 0 unspecified atom stereocenters. The Labute approximate surface area is 113 Å². The minimum absolute atomic E-state index is 0.487. The SMILES string of the molecule is CC(C)Sc1ccc(-c2[nH]nc(N)c2Br)cc1. The number of aromatic amines is 1. The number of halogens is 1. The molecule has 0 saturated carbocycles. The second-order valence-corrected chi connectivity index (χ2v) is 6.43. The summed E-state index contributed by atoms with van der Waals surface area (Å²) in [7, 11) is 0. The normalized spacial score (nSPS) is 11.1. The predicted octanol–water partition coefficient (Wildman–Crippen LogP) is 3.92. The number of benzene rings is 1. The average molecular weight is 312 g/mol. The quantitative estimate of drug-likeness (QED) is 0.845. The van der Waals surface area contributed by atoms with Crippen LogP contribution in [0.25, 0.3) is 11.3 Å². The average Bonchev–Trinajstić information content (AvgIpc) is 2.60. The lowest BCUT2D eigenvalue weighted by Gasteiger charge is -2.05. The van der Waals surface area contributed by atoms with Crippen LogP contribution in [0.1, 0.15) is 13.8 Å². The van der Waals surface area contributed by atoms with Gasteiger partial charge in [-0.05, 0) is 28.1 Å². The Balaban J connectivity index is 2.26. The number of nitrogen functional groups attached to an aromatic ring is 1. The summed E-state index contributed by atoms with van der Waals surface area (Å²) >= 11 is 5.27. The number of nitrogens with one attached hydrogen (secondary N) is 1. The first-order valence-corrected chi connectivity index (χ1v) is 7.01. The molecule has 1 aromatic carbocycles. The Morgan fingerprint density at radius 1 is 1.29 bits per heavy atom. The van der Waals surface area contributed by atoms with E-state index in [1.165, 1.54) is 4.90 Å². The summed E-state index contributed by atoms with van der Waals surface area (Å²) in [5.41, 5.74) is 7.68. The van der Waals surface area contributed by atoms with Crippen molar-refractivity contribution in [1.29, 1.82) is 0 Å². The summed E-state index contributed by atoms with van der Waals surface area (Å²) in [5, 5.41) is 7.48. The molecule has 0 aliphatic carbocycles. The molecule has 0 saturated heterocycles. The van der Waals surface area contributed by atoms with E-state index in [1.807, 2.05) is 11.8 Å². The molecule has 1 aromatic heterocycles. The van der Waals surface area contributed by atoms with Crippen LogP contribution < -0.4 is 5.73 Å². The molecular formula is C12H14BrN3S. The van der Waals surface area contributed by atoms with Gasteiger partial charge in [-0.15, -0.1) is 11.8 Å². The molecule has 1 heterocycles. The van der Waals surface area contributed by atoms with Gasteiger partial charge in [0.05, 0.1) is 10.2 Å².